The maximum absolute atomic E-state index is 13.7. The highest BCUT2D eigenvalue weighted by atomic mass is 19.4. The highest BCUT2D eigenvalue weighted by Gasteiger charge is 2.35. The highest BCUT2D eigenvalue weighted by Crippen LogP contribution is 2.36. The smallest absolute Gasteiger partial charge is 0.308 e. The van der Waals surface area contributed by atoms with Crippen LogP contribution in [0.3, 0.4) is 0 Å². The van der Waals surface area contributed by atoms with E-state index in [1.807, 2.05) is 37.3 Å². The zero-order valence-corrected chi connectivity index (χ0v) is 19.4. The van der Waals surface area contributed by atoms with Crippen LogP contribution in [0, 0.1) is 18.3 Å². The summed E-state index contributed by atoms with van der Waals surface area (Å²) in [5, 5.41) is 9.42. The van der Waals surface area contributed by atoms with Crippen LogP contribution in [0.15, 0.2) is 54.6 Å². The Morgan fingerprint density at radius 3 is 2.51 bits per heavy atom. The predicted octanol–water partition coefficient (Wildman–Crippen LogP) is 6.42. The molecule has 0 atom stereocenters. The molecule has 7 heteroatoms. The monoisotopic (exact) mass is 472 g/mol. The summed E-state index contributed by atoms with van der Waals surface area (Å²) in [5.74, 6) is 0.566. The summed E-state index contributed by atoms with van der Waals surface area (Å²) >= 11 is 0. The Balaban J connectivity index is 1.60. The van der Waals surface area contributed by atoms with Crippen LogP contribution in [0.4, 0.5) is 13.2 Å². The first-order valence-corrected chi connectivity index (χ1v) is 11.5. The van der Waals surface area contributed by atoms with Gasteiger partial charge in [-0.2, -0.15) is 18.4 Å². The van der Waals surface area contributed by atoms with Crippen molar-refractivity contribution in [2.45, 2.75) is 45.8 Å². The van der Waals surface area contributed by atoms with E-state index in [4.69, 9.17) is 0 Å². The number of rotatable bonds is 3. The van der Waals surface area contributed by atoms with Crippen LogP contribution < -0.4 is 0 Å². The first-order chi connectivity index (χ1) is 16.8. The molecule has 0 unspecified atom stereocenters. The number of halogens is 3. The first kappa shape index (κ1) is 22.9. The average molecular weight is 473 g/mol. The summed E-state index contributed by atoms with van der Waals surface area (Å²) < 4.78 is 42.9. The SMILES string of the molecule is CCc1nc2c(C(F)(F)F)cc(C)nc2n1Cc1ccc2c(c1)CCc1ccccc1/C2=C\C#N. The van der Waals surface area contributed by atoms with E-state index in [0.29, 0.717) is 24.5 Å². The summed E-state index contributed by atoms with van der Waals surface area (Å²) in [5.41, 5.74) is 5.94. The summed E-state index contributed by atoms with van der Waals surface area (Å²) in [6, 6.07) is 17.4. The topological polar surface area (TPSA) is 54.5 Å². The van der Waals surface area contributed by atoms with Gasteiger partial charge in [0.25, 0.3) is 0 Å². The zero-order valence-electron chi connectivity index (χ0n) is 19.4. The number of fused-ring (bicyclic) bond motifs is 3. The van der Waals surface area contributed by atoms with Gasteiger partial charge in [-0.1, -0.05) is 49.4 Å². The van der Waals surface area contributed by atoms with Crippen molar-refractivity contribution < 1.29 is 13.2 Å². The van der Waals surface area contributed by atoms with Gasteiger partial charge >= 0.3 is 6.18 Å². The fourth-order valence-electron chi connectivity index (χ4n) is 4.95. The minimum absolute atomic E-state index is 0.107. The maximum Gasteiger partial charge on any atom is 0.418 e. The number of hydrogen-bond donors (Lipinski definition) is 0. The molecular weight excluding hydrogens is 449 g/mol. The second-order valence-corrected chi connectivity index (χ2v) is 8.78. The summed E-state index contributed by atoms with van der Waals surface area (Å²) in [4.78, 5) is 8.77. The van der Waals surface area contributed by atoms with Crippen molar-refractivity contribution in [3.05, 3.63) is 99.5 Å². The van der Waals surface area contributed by atoms with E-state index in [2.05, 4.69) is 28.2 Å². The van der Waals surface area contributed by atoms with Gasteiger partial charge < -0.3 is 4.57 Å². The Kier molecular flexibility index (Phi) is 5.68. The molecule has 4 nitrogen and oxygen atoms in total. The van der Waals surface area contributed by atoms with Gasteiger partial charge in [0.1, 0.15) is 11.3 Å². The molecule has 2 aromatic carbocycles. The Morgan fingerprint density at radius 1 is 1.03 bits per heavy atom. The van der Waals surface area contributed by atoms with Crippen LogP contribution in [0.1, 0.15) is 51.8 Å². The van der Waals surface area contributed by atoms with Gasteiger partial charge in [0, 0.05) is 18.2 Å². The Morgan fingerprint density at radius 2 is 1.77 bits per heavy atom. The van der Waals surface area contributed by atoms with E-state index in [1.165, 1.54) is 5.56 Å². The van der Waals surface area contributed by atoms with Crippen molar-refractivity contribution in [2.75, 3.05) is 0 Å². The largest absolute Gasteiger partial charge is 0.418 e. The molecule has 0 aliphatic heterocycles. The van der Waals surface area contributed by atoms with E-state index >= 15 is 0 Å². The lowest BCUT2D eigenvalue weighted by atomic mass is 9.93. The van der Waals surface area contributed by atoms with Gasteiger partial charge in [0.2, 0.25) is 0 Å². The second-order valence-electron chi connectivity index (χ2n) is 8.78. The van der Waals surface area contributed by atoms with Crippen molar-refractivity contribution in [2.24, 2.45) is 0 Å². The number of nitriles is 1. The van der Waals surface area contributed by atoms with Gasteiger partial charge in [-0.15, -0.1) is 0 Å². The van der Waals surface area contributed by atoms with E-state index < -0.39 is 11.7 Å². The predicted molar refractivity (Wildman–Crippen MR) is 129 cm³/mol. The molecule has 0 bridgehead atoms. The molecule has 0 spiro atoms. The Labute approximate surface area is 201 Å². The van der Waals surface area contributed by atoms with Crippen molar-refractivity contribution in [3.63, 3.8) is 0 Å². The molecule has 2 heterocycles. The van der Waals surface area contributed by atoms with Gasteiger partial charge in [-0.05, 0) is 59.2 Å². The number of pyridine rings is 1. The summed E-state index contributed by atoms with van der Waals surface area (Å²) in [6.45, 7) is 3.82. The molecule has 4 aromatic rings. The van der Waals surface area contributed by atoms with Crippen molar-refractivity contribution in [1.29, 1.82) is 5.26 Å². The van der Waals surface area contributed by atoms with Crippen LogP contribution >= 0.6 is 0 Å². The number of aromatic nitrogens is 3. The van der Waals surface area contributed by atoms with Crippen molar-refractivity contribution in [3.8, 4) is 6.07 Å². The van der Waals surface area contributed by atoms with Gasteiger partial charge in [-0.3, -0.25) is 0 Å². The minimum Gasteiger partial charge on any atom is -0.308 e. The van der Waals surface area contributed by atoms with Crippen LogP contribution in [-0.4, -0.2) is 14.5 Å². The average Bonchev–Trinajstić information content (AvgIpc) is 3.09. The second kappa shape index (κ2) is 8.70. The summed E-state index contributed by atoms with van der Waals surface area (Å²) in [7, 11) is 0. The third-order valence-corrected chi connectivity index (χ3v) is 6.51. The molecule has 5 rings (SSSR count). The molecule has 0 saturated heterocycles. The Bertz CT molecular complexity index is 1520. The number of allylic oxidation sites excluding steroid dienone is 1. The van der Waals surface area contributed by atoms with Gasteiger partial charge in [0.15, 0.2) is 5.65 Å². The number of aryl methyl sites for hydroxylation is 4. The highest BCUT2D eigenvalue weighted by molar-refractivity contribution is 5.85. The number of nitrogens with zero attached hydrogens (tertiary/aromatic N) is 4. The molecule has 0 fully saturated rings. The van der Waals surface area contributed by atoms with E-state index in [1.54, 1.807) is 17.6 Å². The molecule has 35 heavy (non-hydrogen) atoms. The van der Waals surface area contributed by atoms with E-state index in [-0.39, 0.29) is 11.2 Å². The van der Waals surface area contributed by atoms with Gasteiger partial charge in [0.05, 0.1) is 18.2 Å². The molecule has 1 aliphatic carbocycles. The normalized spacial score (nSPS) is 14.5. The van der Waals surface area contributed by atoms with Crippen LogP contribution in [0.25, 0.3) is 16.7 Å². The Hall–Kier alpha value is -3.92. The molecule has 1 aliphatic rings. The van der Waals surface area contributed by atoms with E-state index in [9.17, 15) is 18.4 Å². The lowest BCUT2D eigenvalue weighted by Gasteiger charge is -2.14. The molecular formula is C28H23F3N4. The fourth-order valence-corrected chi connectivity index (χ4v) is 4.95. The minimum atomic E-state index is -4.50. The van der Waals surface area contributed by atoms with Crippen LogP contribution in [-0.2, 0) is 32.0 Å². The number of imidazole rings is 1. The molecule has 176 valence electrons. The first-order valence-electron chi connectivity index (χ1n) is 11.5. The third-order valence-electron chi connectivity index (χ3n) is 6.51. The summed E-state index contributed by atoms with van der Waals surface area (Å²) in [6.07, 6.45) is -0.767. The number of hydrogen-bond acceptors (Lipinski definition) is 3. The standard InChI is InChI=1S/C28H23F3N4/c1-3-25-34-26-24(28(29,30)31)14-17(2)33-27(26)35(25)16-18-8-11-22-20(15-18)10-9-19-6-4-5-7-21(19)23(22)12-13-32/h4-8,11-12,14-15H,3,9-10,16H2,1-2H3/b23-12+. The zero-order chi connectivity index (χ0) is 24.7. The third kappa shape index (κ3) is 4.10. The lowest BCUT2D eigenvalue weighted by molar-refractivity contribution is -0.136. The number of alkyl halides is 3. The van der Waals surface area contributed by atoms with Crippen molar-refractivity contribution in [1.82, 2.24) is 14.5 Å². The molecule has 0 radical (unpaired) electrons. The van der Waals surface area contributed by atoms with Crippen LogP contribution in [0.2, 0.25) is 0 Å². The quantitative estimate of drug-likeness (QED) is 0.323. The van der Waals surface area contributed by atoms with E-state index in [0.717, 1.165) is 46.7 Å². The fraction of sp³-hybridized carbons (Fsp3) is 0.250. The van der Waals surface area contributed by atoms with Crippen LogP contribution in [0.5, 0.6) is 0 Å². The number of benzene rings is 2. The molecule has 0 saturated carbocycles. The van der Waals surface area contributed by atoms with Gasteiger partial charge in [-0.25, -0.2) is 9.97 Å². The molecule has 0 N–H and O–H groups in total. The molecule has 0 amide bonds. The maximum atomic E-state index is 13.7. The lowest BCUT2D eigenvalue weighted by Crippen LogP contribution is -2.09. The van der Waals surface area contributed by atoms with Crippen molar-refractivity contribution >= 4 is 16.7 Å². The molecule has 2 aromatic heterocycles.